The van der Waals surface area contributed by atoms with Crippen LogP contribution in [0, 0.1) is 12.7 Å². The van der Waals surface area contributed by atoms with Crippen molar-refractivity contribution in [2.45, 2.75) is 32.2 Å². The maximum Gasteiger partial charge on any atom is 0.275 e. The lowest BCUT2D eigenvalue weighted by Gasteiger charge is -2.31. The van der Waals surface area contributed by atoms with E-state index in [4.69, 9.17) is 4.52 Å². The first-order valence-corrected chi connectivity index (χ1v) is 10.0. The molecule has 0 spiro atoms. The Kier molecular flexibility index (Phi) is 4.47. The average molecular weight is 394 g/mol. The summed E-state index contributed by atoms with van der Waals surface area (Å²) in [5.41, 5.74) is 3.26. The van der Waals surface area contributed by atoms with Gasteiger partial charge in [0.1, 0.15) is 11.3 Å². The zero-order chi connectivity index (χ0) is 20.0. The van der Waals surface area contributed by atoms with Crippen LogP contribution in [0.4, 0.5) is 4.39 Å². The van der Waals surface area contributed by atoms with Gasteiger partial charge in [0.2, 0.25) is 0 Å². The number of benzene rings is 1. The number of halogens is 1. The predicted molar refractivity (Wildman–Crippen MR) is 109 cm³/mol. The summed E-state index contributed by atoms with van der Waals surface area (Å²) in [6.45, 7) is 5.38. The second kappa shape index (κ2) is 7.15. The van der Waals surface area contributed by atoms with Crippen LogP contribution in [0.25, 0.3) is 16.5 Å². The summed E-state index contributed by atoms with van der Waals surface area (Å²) in [5.74, 6) is 0.0131. The van der Waals surface area contributed by atoms with Gasteiger partial charge in [0.25, 0.3) is 5.56 Å². The molecule has 1 aliphatic rings. The Labute approximate surface area is 167 Å². The van der Waals surface area contributed by atoms with Crippen molar-refractivity contribution < 1.29 is 8.91 Å². The fourth-order valence-electron chi connectivity index (χ4n) is 4.39. The van der Waals surface area contributed by atoms with Gasteiger partial charge in [-0.25, -0.2) is 4.39 Å². The van der Waals surface area contributed by atoms with Gasteiger partial charge >= 0.3 is 0 Å². The van der Waals surface area contributed by atoms with Crippen molar-refractivity contribution in [2.24, 2.45) is 0 Å². The molecule has 0 radical (unpaired) electrons. The monoisotopic (exact) mass is 394 g/mol. The van der Waals surface area contributed by atoms with Crippen LogP contribution in [-0.4, -0.2) is 38.7 Å². The highest BCUT2D eigenvalue weighted by Crippen LogP contribution is 2.32. The van der Waals surface area contributed by atoms with E-state index in [2.05, 4.69) is 10.1 Å². The molecule has 0 aliphatic carbocycles. The van der Waals surface area contributed by atoms with Gasteiger partial charge < -0.3 is 18.4 Å². The summed E-state index contributed by atoms with van der Waals surface area (Å²) in [4.78, 5) is 15.1. The maximum atomic E-state index is 13.4. The summed E-state index contributed by atoms with van der Waals surface area (Å²) in [6.07, 6.45) is 7.68. The third kappa shape index (κ3) is 3.25. The summed E-state index contributed by atoms with van der Waals surface area (Å²) in [7, 11) is 0. The van der Waals surface area contributed by atoms with Gasteiger partial charge in [-0.2, -0.15) is 0 Å². The van der Waals surface area contributed by atoms with Gasteiger partial charge in [0.05, 0.1) is 5.69 Å². The van der Waals surface area contributed by atoms with Gasteiger partial charge in [-0.3, -0.25) is 4.79 Å². The molecular formula is C22H23FN4O2. The molecule has 6 nitrogen and oxygen atoms in total. The average Bonchev–Trinajstić information content (AvgIpc) is 3.31. The largest absolute Gasteiger partial charge is 0.356 e. The van der Waals surface area contributed by atoms with E-state index in [-0.39, 0.29) is 11.4 Å². The van der Waals surface area contributed by atoms with Gasteiger partial charge in [0.15, 0.2) is 5.58 Å². The van der Waals surface area contributed by atoms with Crippen molar-refractivity contribution in [2.75, 3.05) is 19.6 Å². The number of aromatic nitrogens is 3. The summed E-state index contributed by atoms with van der Waals surface area (Å²) >= 11 is 0. The second-order valence-corrected chi connectivity index (χ2v) is 7.88. The van der Waals surface area contributed by atoms with E-state index in [9.17, 15) is 9.18 Å². The highest BCUT2D eigenvalue weighted by atomic mass is 19.1. The number of nitrogens with zero attached hydrogens (tertiary/aromatic N) is 4. The number of hydrogen-bond donors (Lipinski definition) is 0. The molecule has 1 fully saturated rings. The Morgan fingerprint density at radius 2 is 1.97 bits per heavy atom. The molecule has 1 aromatic carbocycles. The third-order valence-corrected chi connectivity index (χ3v) is 6.08. The Morgan fingerprint density at radius 1 is 1.14 bits per heavy atom. The topological polar surface area (TPSA) is 55.7 Å². The van der Waals surface area contributed by atoms with Crippen LogP contribution in [0.5, 0.6) is 0 Å². The molecular weight excluding hydrogens is 371 g/mol. The lowest BCUT2D eigenvalue weighted by atomic mass is 9.91. The van der Waals surface area contributed by atoms with Crippen LogP contribution in [0.2, 0.25) is 0 Å². The molecule has 7 heteroatoms. The van der Waals surface area contributed by atoms with Crippen LogP contribution in [0.15, 0.2) is 52.2 Å². The van der Waals surface area contributed by atoms with E-state index in [0.29, 0.717) is 18.0 Å². The van der Waals surface area contributed by atoms with E-state index in [0.717, 1.165) is 54.6 Å². The minimum Gasteiger partial charge on any atom is -0.356 e. The fourth-order valence-corrected chi connectivity index (χ4v) is 4.39. The zero-order valence-corrected chi connectivity index (χ0v) is 16.3. The first-order valence-electron chi connectivity index (χ1n) is 10.0. The number of likely N-dealkylation sites (tertiary alicyclic amines) is 1. The number of rotatable bonds is 4. The minimum absolute atomic E-state index is 0.0613. The number of aryl methyl sites for hydroxylation is 1. The summed E-state index contributed by atoms with van der Waals surface area (Å²) in [6, 6.07) is 6.57. The Balaban J connectivity index is 1.24. The summed E-state index contributed by atoms with van der Waals surface area (Å²) < 4.78 is 22.4. The normalized spacial score (nSPS) is 16.2. The van der Waals surface area contributed by atoms with Crippen molar-refractivity contribution >= 4 is 16.5 Å². The molecule has 4 aromatic rings. The van der Waals surface area contributed by atoms with Crippen molar-refractivity contribution in [3.8, 4) is 0 Å². The van der Waals surface area contributed by atoms with Gasteiger partial charge in [-0.15, -0.1) is 0 Å². The van der Waals surface area contributed by atoms with Gasteiger partial charge in [0, 0.05) is 49.1 Å². The number of fused-ring (bicyclic) bond motifs is 2. The molecule has 0 amide bonds. The molecule has 5 rings (SSSR count). The molecule has 1 aliphatic heterocycles. The van der Waals surface area contributed by atoms with Crippen molar-refractivity contribution in [1.82, 2.24) is 19.0 Å². The second-order valence-electron chi connectivity index (χ2n) is 7.88. The fraction of sp³-hybridized carbons (Fsp3) is 0.364. The van der Waals surface area contributed by atoms with Crippen LogP contribution < -0.4 is 5.56 Å². The molecule has 0 saturated carbocycles. The van der Waals surface area contributed by atoms with Gasteiger partial charge in [-0.1, -0.05) is 5.16 Å². The maximum absolute atomic E-state index is 13.4. The van der Waals surface area contributed by atoms with E-state index in [1.54, 1.807) is 10.6 Å². The standard InChI is InChI=1S/C22H23FN4O2/c1-15-4-9-26-12-13-27(22(28)21(15)26)11-10-25-7-5-16(6-8-25)20-18-3-2-17(23)14-19(18)29-24-20/h2-4,9,12-14,16H,5-8,10-11H2,1H3. The molecule has 29 heavy (non-hydrogen) atoms. The van der Waals surface area contributed by atoms with Crippen LogP contribution in [0.1, 0.15) is 30.0 Å². The van der Waals surface area contributed by atoms with E-state index in [1.165, 1.54) is 12.1 Å². The highest BCUT2D eigenvalue weighted by Gasteiger charge is 2.25. The van der Waals surface area contributed by atoms with Crippen LogP contribution in [0.3, 0.4) is 0 Å². The smallest absolute Gasteiger partial charge is 0.275 e. The number of piperidine rings is 1. The van der Waals surface area contributed by atoms with E-state index < -0.39 is 0 Å². The number of hydrogen-bond acceptors (Lipinski definition) is 4. The van der Waals surface area contributed by atoms with Crippen LogP contribution >= 0.6 is 0 Å². The lowest BCUT2D eigenvalue weighted by Crippen LogP contribution is -2.37. The molecule has 150 valence electrons. The van der Waals surface area contributed by atoms with Gasteiger partial charge in [-0.05, 0) is 56.6 Å². The molecule has 0 unspecified atom stereocenters. The van der Waals surface area contributed by atoms with Crippen molar-refractivity contribution in [1.29, 1.82) is 0 Å². The Bertz CT molecular complexity index is 1230. The molecule has 0 N–H and O–H groups in total. The molecule has 3 aromatic heterocycles. The SMILES string of the molecule is Cc1ccn2ccn(CCN3CCC(c4noc5cc(F)ccc45)CC3)c(=O)c12. The zero-order valence-electron chi connectivity index (χ0n) is 16.3. The Morgan fingerprint density at radius 3 is 2.79 bits per heavy atom. The summed E-state index contributed by atoms with van der Waals surface area (Å²) in [5, 5.41) is 5.12. The highest BCUT2D eigenvalue weighted by molar-refractivity contribution is 5.79. The minimum atomic E-state index is -0.307. The lowest BCUT2D eigenvalue weighted by molar-refractivity contribution is 0.202. The van der Waals surface area contributed by atoms with E-state index >= 15 is 0 Å². The first kappa shape index (κ1) is 18.1. The Hall–Kier alpha value is -2.93. The van der Waals surface area contributed by atoms with Crippen LogP contribution in [-0.2, 0) is 6.54 Å². The molecule has 1 saturated heterocycles. The van der Waals surface area contributed by atoms with E-state index in [1.807, 2.05) is 36.0 Å². The van der Waals surface area contributed by atoms with Crippen molar-refractivity contribution in [3.63, 3.8) is 0 Å². The third-order valence-electron chi connectivity index (χ3n) is 6.08. The molecule has 0 bridgehead atoms. The van der Waals surface area contributed by atoms with Crippen molar-refractivity contribution in [3.05, 3.63) is 70.3 Å². The first-order chi connectivity index (χ1) is 14.1. The predicted octanol–water partition coefficient (Wildman–Crippen LogP) is 3.57. The quantitative estimate of drug-likeness (QED) is 0.531. The molecule has 0 atom stereocenters. The molecule has 4 heterocycles.